The number of likely N-dealkylation sites (tertiary alicyclic amines) is 1. The number of hydrogen-bond donors (Lipinski definition) is 3. The molecule has 2 aromatic carbocycles. The Hall–Kier alpha value is -2.46. The van der Waals surface area contributed by atoms with E-state index in [2.05, 4.69) is 27.9 Å². The Balaban J connectivity index is 1.78. The second-order valence-electron chi connectivity index (χ2n) is 7.58. The van der Waals surface area contributed by atoms with Gasteiger partial charge in [0, 0.05) is 15.2 Å². The summed E-state index contributed by atoms with van der Waals surface area (Å²) in [7, 11) is 0. The molecule has 2 aliphatic heterocycles. The lowest BCUT2D eigenvalue weighted by Crippen LogP contribution is -2.53. The first kappa shape index (κ1) is 19.8. The SMILES string of the molecule is C[C@]1(C(=O)O)N[C@H](c2cc(I)ccc2O)[C@H]2C(=O)N(Cc3ccccc3)C(=O)[C@H]21. The first-order valence-corrected chi connectivity index (χ1v) is 10.2. The molecule has 7 nitrogen and oxygen atoms in total. The lowest BCUT2D eigenvalue weighted by Gasteiger charge is -2.27. The van der Waals surface area contributed by atoms with E-state index in [4.69, 9.17) is 0 Å². The molecule has 0 saturated carbocycles. The van der Waals surface area contributed by atoms with E-state index in [1.807, 2.05) is 30.3 Å². The molecule has 2 heterocycles. The molecule has 8 heteroatoms. The van der Waals surface area contributed by atoms with E-state index in [1.165, 1.54) is 13.0 Å². The van der Waals surface area contributed by atoms with Crippen LogP contribution >= 0.6 is 22.6 Å². The van der Waals surface area contributed by atoms with Gasteiger partial charge in [-0.05, 0) is 53.3 Å². The number of amides is 2. The van der Waals surface area contributed by atoms with Gasteiger partial charge in [-0.25, -0.2) is 0 Å². The number of aliphatic carboxylic acids is 1. The largest absolute Gasteiger partial charge is 0.508 e. The van der Waals surface area contributed by atoms with Crippen molar-refractivity contribution < 1.29 is 24.6 Å². The van der Waals surface area contributed by atoms with Crippen molar-refractivity contribution in [3.05, 3.63) is 63.2 Å². The number of phenols is 1. The van der Waals surface area contributed by atoms with Gasteiger partial charge in [0.1, 0.15) is 11.3 Å². The molecule has 4 rings (SSSR count). The number of phenolic OH excluding ortho intramolecular Hbond substituents is 1. The quantitative estimate of drug-likeness (QED) is 0.434. The minimum absolute atomic E-state index is 0.0435. The number of hydrogen-bond acceptors (Lipinski definition) is 5. The van der Waals surface area contributed by atoms with Gasteiger partial charge >= 0.3 is 5.97 Å². The molecule has 2 amide bonds. The van der Waals surface area contributed by atoms with Crippen LogP contribution in [0, 0.1) is 15.4 Å². The van der Waals surface area contributed by atoms with Crippen molar-refractivity contribution in [2.75, 3.05) is 0 Å². The highest BCUT2D eigenvalue weighted by Crippen LogP contribution is 2.50. The van der Waals surface area contributed by atoms with Crippen molar-refractivity contribution >= 4 is 40.4 Å². The standard InChI is InChI=1S/C21H19IN2O5/c1-21(20(28)29)16-15(17(23-21)13-9-12(22)7-8-14(13)25)18(26)24(19(16)27)10-11-5-3-2-4-6-11/h2-9,15-17,23,25H,10H2,1H3,(H,28,29)/t15-,16-,17+,21-/m0/s1. The predicted molar refractivity (Wildman–Crippen MR) is 112 cm³/mol. The number of carbonyl (C=O) groups is 3. The number of carboxylic acid groups (broad SMARTS) is 1. The molecule has 29 heavy (non-hydrogen) atoms. The highest BCUT2D eigenvalue weighted by molar-refractivity contribution is 14.1. The summed E-state index contributed by atoms with van der Waals surface area (Å²) in [5.74, 6) is -4.14. The molecule has 0 bridgehead atoms. The van der Waals surface area contributed by atoms with Crippen LogP contribution in [0.3, 0.4) is 0 Å². The van der Waals surface area contributed by atoms with Crippen LogP contribution in [0.4, 0.5) is 0 Å². The van der Waals surface area contributed by atoms with Gasteiger partial charge in [-0.2, -0.15) is 0 Å². The van der Waals surface area contributed by atoms with Gasteiger partial charge in [-0.3, -0.25) is 24.6 Å². The Morgan fingerprint density at radius 3 is 2.52 bits per heavy atom. The lowest BCUT2D eigenvalue weighted by molar-refractivity contribution is -0.150. The van der Waals surface area contributed by atoms with Gasteiger partial charge < -0.3 is 10.2 Å². The van der Waals surface area contributed by atoms with Crippen molar-refractivity contribution in [3.8, 4) is 5.75 Å². The molecule has 150 valence electrons. The number of carboxylic acids is 1. The molecule has 0 radical (unpaired) electrons. The van der Waals surface area contributed by atoms with Crippen molar-refractivity contribution in [1.29, 1.82) is 0 Å². The number of nitrogens with zero attached hydrogens (tertiary/aromatic N) is 1. The van der Waals surface area contributed by atoms with Gasteiger partial charge in [-0.1, -0.05) is 30.3 Å². The molecule has 2 fully saturated rings. The summed E-state index contributed by atoms with van der Waals surface area (Å²) in [5.41, 5.74) is -0.422. The lowest BCUT2D eigenvalue weighted by atomic mass is 9.80. The second-order valence-corrected chi connectivity index (χ2v) is 8.83. The van der Waals surface area contributed by atoms with E-state index in [-0.39, 0.29) is 12.3 Å². The Morgan fingerprint density at radius 1 is 1.17 bits per heavy atom. The van der Waals surface area contributed by atoms with Gasteiger partial charge in [0.25, 0.3) is 0 Å². The number of imide groups is 1. The average molecular weight is 506 g/mol. The monoisotopic (exact) mass is 506 g/mol. The van der Waals surface area contributed by atoms with Crippen molar-refractivity contribution in [1.82, 2.24) is 10.2 Å². The van der Waals surface area contributed by atoms with E-state index in [9.17, 15) is 24.6 Å². The molecule has 3 N–H and O–H groups in total. The van der Waals surface area contributed by atoms with Crippen LogP contribution in [-0.4, -0.2) is 38.4 Å². The smallest absolute Gasteiger partial charge is 0.324 e. The number of halogens is 1. The van der Waals surface area contributed by atoms with Crippen LogP contribution in [0.25, 0.3) is 0 Å². The summed E-state index contributed by atoms with van der Waals surface area (Å²) in [6.45, 7) is 1.52. The van der Waals surface area contributed by atoms with Crippen LogP contribution in [0.15, 0.2) is 48.5 Å². The molecule has 0 aliphatic carbocycles. The summed E-state index contributed by atoms with van der Waals surface area (Å²) in [5, 5.41) is 23.2. The first-order valence-electron chi connectivity index (χ1n) is 9.12. The van der Waals surface area contributed by atoms with E-state index < -0.39 is 41.2 Å². The summed E-state index contributed by atoms with van der Waals surface area (Å²) >= 11 is 2.08. The van der Waals surface area contributed by atoms with Crippen LogP contribution in [0.2, 0.25) is 0 Å². The molecule has 0 unspecified atom stereocenters. The molecular weight excluding hydrogens is 487 g/mol. The third-order valence-corrected chi connectivity index (χ3v) is 6.50. The number of carbonyl (C=O) groups excluding carboxylic acids is 2. The molecule has 4 atom stereocenters. The molecule has 2 saturated heterocycles. The van der Waals surface area contributed by atoms with Crippen LogP contribution in [0.5, 0.6) is 5.75 Å². The maximum atomic E-state index is 13.3. The summed E-state index contributed by atoms with van der Waals surface area (Å²) in [4.78, 5) is 39.7. The van der Waals surface area contributed by atoms with Crippen LogP contribution in [-0.2, 0) is 20.9 Å². The topological polar surface area (TPSA) is 107 Å². The van der Waals surface area contributed by atoms with Crippen LogP contribution < -0.4 is 5.32 Å². The summed E-state index contributed by atoms with van der Waals surface area (Å²) < 4.78 is 0.829. The number of nitrogens with one attached hydrogen (secondary N) is 1. The van der Waals surface area contributed by atoms with Gasteiger partial charge in [-0.15, -0.1) is 0 Å². The van der Waals surface area contributed by atoms with Crippen molar-refractivity contribution in [2.45, 2.75) is 25.0 Å². The highest BCUT2D eigenvalue weighted by atomic mass is 127. The Labute approximate surface area is 180 Å². The molecule has 2 aromatic rings. The third-order valence-electron chi connectivity index (χ3n) is 5.83. The fourth-order valence-corrected chi connectivity index (χ4v) is 4.87. The summed E-state index contributed by atoms with van der Waals surface area (Å²) in [6, 6.07) is 13.2. The Kier molecular flexibility index (Phi) is 4.86. The normalized spacial score (nSPS) is 28.6. The molecular formula is C21H19IN2O5. The minimum Gasteiger partial charge on any atom is -0.508 e. The van der Waals surface area contributed by atoms with Gasteiger partial charge in [0.05, 0.1) is 18.4 Å². The maximum Gasteiger partial charge on any atom is 0.324 e. The maximum absolute atomic E-state index is 13.3. The number of benzene rings is 2. The molecule has 0 spiro atoms. The van der Waals surface area contributed by atoms with E-state index in [0.29, 0.717) is 5.56 Å². The molecule has 0 aromatic heterocycles. The zero-order chi connectivity index (χ0) is 20.9. The third kappa shape index (κ3) is 3.10. The first-order chi connectivity index (χ1) is 13.7. The Morgan fingerprint density at radius 2 is 1.86 bits per heavy atom. The van der Waals surface area contributed by atoms with Crippen molar-refractivity contribution in [3.63, 3.8) is 0 Å². The fourth-order valence-electron chi connectivity index (χ4n) is 4.36. The number of fused-ring (bicyclic) bond motifs is 1. The van der Waals surface area contributed by atoms with Crippen molar-refractivity contribution in [2.24, 2.45) is 11.8 Å². The zero-order valence-corrected chi connectivity index (χ0v) is 17.7. The van der Waals surface area contributed by atoms with E-state index in [0.717, 1.165) is 14.0 Å². The molecule has 2 aliphatic rings. The highest BCUT2D eigenvalue weighted by Gasteiger charge is 2.66. The van der Waals surface area contributed by atoms with Gasteiger partial charge in [0.15, 0.2) is 0 Å². The number of rotatable bonds is 4. The van der Waals surface area contributed by atoms with Crippen LogP contribution in [0.1, 0.15) is 24.1 Å². The average Bonchev–Trinajstić information content (AvgIpc) is 3.14. The Bertz CT molecular complexity index is 1010. The van der Waals surface area contributed by atoms with E-state index in [1.54, 1.807) is 12.1 Å². The zero-order valence-electron chi connectivity index (χ0n) is 15.5. The predicted octanol–water partition coefficient (Wildman–Crippen LogP) is 2.29. The second kappa shape index (κ2) is 7.10. The summed E-state index contributed by atoms with van der Waals surface area (Å²) in [6.07, 6.45) is 0. The fraction of sp³-hybridized carbons (Fsp3) is 0.286. The minimum atomic E-state index is -1.62. The van der Waals surface area contributed by atoms with E-state index >= 15 is 0 Å². The number of aromatic hydroxyl groups is 1. The van der Waals surface area contributed by atoms with Gasteiger partial charge in [0.2, 0.25) is 11.8 Å².